The van der Waals surface area contributed by atoms with Crippen LogP contribution in [0, 0.1) is 5.92 Å². The first-order chi connectivity index (χ1) is 8.01. The van der Waals surface area contributed by atoms with Crippen LogP contribution in [0.2, 0.25) is 0 Å². The molecule has 4 heteroatoms. The van der Waals surface area contributed by atoms with Crippen LogP contribution in [0.1, 0.15) is 46.0 Å². The molecule has 1 saturated heterocycles. The average molecular weight is 241 g/mol. The lowest BCUT2D eigenvalue weighted by Gasteiger charge is -2.47. The Labute approximate surface area is 103 Å². The molecule has 1 aliphatic heterocycles. The maximum atomic E-state index is 11.8. The predicted molar refractivity (Wildman–Crippen MR) is 64.7 cm³/mol. The molecule has 2 rings (SSSR count). The lowest BCUT2D eigenvalue weighted by molar-refractivity contribution is -0.0925. The average Bonchev–Trinajstić information content (AvgIpc) is 2.26. The van der Waals surface area contributed by atoms with Crippen LogP contribution in [0.4, 0.5) is 4.79 Å². The zero-order chi connectivity index (χ0) is 12.5. The lowest BCUT2D eigenvalue weighted by atomic mass is 9.71. The second-order valence-corrected chi connectivity index (χ2v) is 5.67. The molecule has 1 amide bonds. The van der Waals surface area contributed by atoms with E-state index in [9.17, 15) is 9.90 Å². The summed E-state index contributed by atoms with van der Waals surface area (Å²) >= 11 is 0. The largest absolute Gasteiger partial charge is 0.447 e. The van der Waals surface area contributed by atoms with Gasteiger partial charge in [-0.3, -0.25) is 0 Å². The third kappa shape index (κ3) is 2.73. The molecule has 17 heavy (non-hydrogen) atoms. The molecule has 98 valence electrons. The molecule has 0 aromatic heterocycles. The number of carbonyl (C=O) groups is 1. The van der Waals surface area contributed by atoms with Gasteiger partial charge in [-0.1, -0.05) is 12.8 Å². The summed E-state index contributed by atoms with van der Waals surface area (Å²) < 4.78 is 5.21. The third-order valence-electron chi connectivity index (χ3n) is 4.02. The number of nitrogens with zero attached hydrogens (tertiary/aromatic N) is 1. The minimum atomic E-state index is -0.521. The first-order valence-corrected chi connectivity index (χ1v) is 6.69. The van der Waals surface area contributed by atoms with E-state index < -0.39 is 5.60 Å². The van der Waals surface area contributed by atoms with Gasteiger partial charge in [-0.25, -0.2) is 4.79 Å². The Balaban J connectivity index is 1.95. The molecular weight excluding hydrogens is 218 g/mol. The summed E-state index contributed by atoms with van der Waals surface area (Å²) in [5.74, 6) is 0.240. The quantitative estimate of drug-likeness (QED) is 0.765. The number of ether oxygens (including phenoxy) is 1. The zero-order valence-electron chi connectivity index (χ0n) is 10.8. The first-order valence-electron chi connectivity index (χ1n) is 6.69. The summed E-state index contributed by atoms with van der Waals surface area (Å²) in [7, 11) is 0. The van der Waals surface area contributed by atoms with Crippen molar-refractivity contribution in [2.45, 2.75) is 57.7 Å². The third-order valence-corrected chi connectivity index (χ3v) is 4.02. The van der Waals surface area contributed by atoms with Crippen molar-refractivity contribution < 1.29 is 14.6 Å². The van der Waals surface area contributed by atoms with Crippen molar-refractivity contribution in [2.24, 2.45) is 5.92 Å². The molecule has 4 nitrogen and oxygen atoms in total. The minimum absolute atomic E-state index is 0.0744. The summed E-state index contributed by atoms with van der Waals surface area (Å²) in [5.41, 5.74) is -0.521. The van der Waals surface area contributed by atoms with Gasteiger partial charge in [-0.2, -0.15) is 0 Å². The van der Waals surface area contributed by atoms with Crippen molar-refractivity contribution in [1.82, 2.24) is 4.90 Å². The van der Waals surface area contributed by atoms with Gasteiger partial charge in [0.1, 0.15) is 0 Å². The van der Waals surface area contributed by atoms with Crippen molar-refractivity contribution in [3.63, 3.8) is 0 Å². The van der Waals surface area contributed by atoms with E-state index in [1.54, 1.807) is 4.90 Å². The number of carbonyl (C=O) groups excluding carboxylic acids is 1. The van der Waals surface area contributed by atoms with E-state index in [0.717, 1.165) is 19.3 Å². The predicted octanol–water partition coefficient (Wildman–Crippen LogP) is 2.16. The highest BCUT2D eigenvalue weighted by atomic mass is 16.6. The van der Waals surface area contributed by atoms with E-state index in [2.05, 4.69) is 0 Å². The van der Waals surface area contributed by atoms with Gasteiger partial charge in [0, 0.05) is 19.0 Å². The molecule has 1 aliphatic carbocycles. The van der Waals surface area contributed by atoms with E-state index >= 15 is 0 Å². The molecule has 1 N–H and O–H groups in total. The number of hydrogen-bond donors (Lipinski definition) is 1. The second-order valence-electron chi connectivity index (χ2n) is 5.67. The van der Waals surface area contributed by atoms with Gasteiger partial charge >= 0.3 is 6.09 Å². The molecule has 2 atom stereocenters. The number of aliphatic hydroxyl groups is 1. The molecule has 2 unspecified atom stereocenters. The molecular formula is C13H23NO3. The fourth-order valence-electron chi connectivity index (χ4n) is 3.01. The van der Waals surface area contributed by atoms with Gasteiger partial charge in [0.05, 0.1) is 11.7 Å². The van der Waals surface area contributed by atoms with Crippen LogP contribution in [0.25, 0.3) is 0 Å². The van der Waals surface area contributed by atoms with Crippen LogP contribution in [0.15, 0.2) is 0 Å². The van der Waals surface area contributed by atoms with E-state index in [0.29, 0.717) is 19.5 Å². The number of fused-ring (bicyclic) bond motifs is 1. The lowest BCUT2D eigenvalue weighted by Crippen LogP contribution is -2.54. The molecule has 0 aromatic rings. The number of rotatable bonds is 1. The van der Waals surface area contributed by atoms with Crippen molar-refractivity contribution in [2.75, 3.05) is 13.1 Å². The van der Waals surface area contributed by atoms with Gasteiger partial charge in [-0.15, -0.1) is 0 Å². The van der Waals surface area contributed by atoms with Crippen molar-refractivity contribution >= 4 is 6.09 Å². The summed E-state index contributed by atoms with van der Waals surface area (Å²) in [6.07, 6.45) is 4.60. The smallest absolute Gasteiger partial charge is 0.410 e. The topological polar surface area (TPSA) is 49.8 Å². The zero-order valence-corrected chi connectivity index (χ0v) is 10.8. The standard InChI is InChI=1S/C13H23NO3/c1-10(2)17-12(15)14-8-7-13(16)6-4-3-5-11(13)9-14/h10-11,16H,3-9H2,1-2H3. The van der Waals surface area contributed by atoms with Crippen LogP contribution in [0.3, 0.4) is 0 Å². The van der Waals surface area contributed by atoms with E-state index in [1.165, 1.54) is 6.42 Å². The maximum absolute atomic E-state index is 11.8. The van der Waals surface area contributed by atoms with Gasteiger partial charge in [0.15, 0.2) is 0 Å². The van der Waals surface area contributed by atoms with Crippen LogP contribution >= 0.6 is 0 Å². The fourth-order valence-corrected chi connectivity index (χ4v) is 3.01. The highest BCUT2D eigenvalue weighted by Gasteiger charge is 2.44. The second kappa shape index (κ2) is 4.84. The molecule has 2 fully saturated rings. The van der Waals surface area contributed by atoms with Crippen LogP contribution in [-0.4, -0.2) is 40.9 Å². The number of hydrogen-bond acceptors (Lipinski definition) is 3. The Morgan fingerprint density at radius 1 is 1.41 bits per heavy atom. The van der Waals surface area contributed by atoms with Crippen LogP contribution in [-0.2, 0) is 4.74 Å². The maximum Gasteiger partial charge on any atom is 0.410 e. The van der Waals surface area contributed by atoms with Crippen molar-refractivity contribution in [3.8, 4) is 0 Å². The summed E-state index contributed by atoms with van der Waals surface area (Å²) in [4.78, 5) is 13.6. The number of amides is 1. The Kier molecular flexibility index (Phi) is 3.61. The summed E-state index contributed by atoms with van der Waals surface area (Å²) in [5, 5.41) is 10.5. The molecule has 0 bridgehead atoms. The van der Waals surface area contributed by atoms with Gasteiger partial charge in [0.25, 0.3) is 0 Å². The molecule has 0 aromatic carbocycles. The molecule has 2 aliphatic rings. The van der Waals surface area contributed by atoms with Crippen molar-refractivity contribution in [1.29, 1.82) is 0 Å². The minimum Gasteiger partial charge on any atom is -0.447 e. The molecule has 1 saturated carbocycles. The normalized spacial score (nSPS) is 33.4. The fraction of sp³-hybridized carbons (Fsp3) is 0.923. The van der Waals surface area contributed by atoms with Gasteiger partial charge in [-0.05, 0) is 33.1 Å². The van der Waals surface area contributed by atoms with Gasteiger partial charge in [0.2, 0.25) is 0 Å². The SMILES string of the molecule is CC(C)OC(=O)N1CCC2(O)CCCCC2C1. The Bertz CT molecular complexity index is 292. The molecule has 0 spiro atoms. The summed E-state index contributed by atoms with van der Waals surface area (Å²) in [6.45, 7) is 5.00. The van der Waals surface area contributed by atoms with E-state index in [1.807, 2.05) is 13.8 Å². The van der Waals surface area contributed by atoms with Crippen LogP contribution in [0.5, 0.6) is 0 Å². The number of piperidine rings is 1. The van der Waals surface area contributed by atoms with E-state index in [4.69, 9.17) is 4.74 Å². The van der Waals surface area contributed by atoms with Crippen molar-refractivity contribution in [3.05, 3.63) is 0 Å². The van der Waals surface area contributed by atoms with Gasteiger partial charge < -0.3 is 14.7 Å². The molecule has 0 radical (unpaired) electrons. The monoisotopic (exact) mass is 241 g/mol. The van der Waals surface area contributed by atoms with Crippen LogP contribution < -0.4 is 0 Å². The number of likely N-dealkylation sites (tertiary alicyclic amines) is 1. The highest BCUT2D eigenvalue weighted by Crippen LogP contribution is 2.39. The summed E-state index contributed by atoms with van der Waals surface area (Å²) in [6, 6.07) is 0. The molecule has 1 heterocycles. The Morgan fingerprint density at radius 3 is 2.88 bits per heavy atom. The first kappa shape index (κ1) is 12.7. The Hall–Kier alpha value is -0.770. The Morgan fingerprint density at radius 2 is 2.18 bits per heavy atom. The van der Waals surface area contributed by atoms with E-state index in [-0.39, 0.29) is 18.1 Å². The highest BCUT2D eigenvalue weighted by molar-refractivity contribution is 5.68.